The highest BCUT2D eigenvalue weighted by Crippen LogP contribution is 2.29. The highest BCUT2D eigenvalue weighted by Gasteiger charge is 2.19. The van der Waals surface area contributed by atoms with Crippen molar-refractivity contribution in [2.45, 2.75) is 45.1 Å². The Morgan fingerprint density at radius 1 is 1.38 bits per heavy atom. The third-order valence-electron chi connectivity index (χ3n) is 3.18. The van der Waals surface area contributed by atoms with Crippen LogP contribution in [0.5, 0.6) is 0 Å². The average Bonchev–Trinajstić information content (AvgIpc) is 2.70. The molecule has 0 aromatic rings. The first-order valence-electron chi connectivity index (χ1n) is 6.08. The lowest BCUT2D eigenvalue weighted by atomic mass is 10.0. The normalized spacial score (nSPS) is 20.9. The van der Waals surface area contributed by atoms with Gasteiger partial charge in [-0.2, -0.15) is 11.8 Å². The van der Waals surface area contributed by atoms with Crippen molar-refractivity contribution in [1.82, 2.24) is 0 Å². The van der Waals surface area contributed by atoms with E-state index in [1.807, 2.05) is 0 Å². The Kier molecular flexibility index (Phi) is 6.21. The van der Waals surface area contributed by atoms with Gasteiger partial charge >= 0.3 is 5.97 Å². The standard InChI is InChI=1S/C12H22O3S/c1-9(12(14)15)7-16-8-11(13)6-10-4-2-3-5-10/h9-11,13H,2-8H2,1H3,(H,14,15). The molecule has 2 unspecified atom stereocenters. The van der Waals surface area contributed by atoms with Crippen molar-refractivity contribution in [3.63, 3.8) is 0 Å². The van der Waals surface area contributed by atoms with Gasteiger partial charge in [-0.3, -0.25) is 4.79 Å². The molecule has 1 aliphatic rings. The van der Waals surface area contributed by atoms with E-state index in [0.29, 0.717) is 17.4 Å². The maximum absolute atomic E-state index is 10.6. The molecular weight excluding hydrogens is 224 g/mol. The SMILES string of the molecule is CC(CSCC(O)CC1CCCC1)C(=O)O. The predicted octanol–water partition coefficient (Wildman–Crippen LogP) is 2.38. The number of hydrogen-bond donors (Lipinski definition) is 2. The Hall–Kier alpha value is -0.220. The van der Waals surface area contributed by atoms with Gasteiger partial charge in [-0.1, -0.05) is 32.6 Å². The number of carboxylic acids is 1. The fraction of sp³-hybridized carbons (Fsp3) is 0.917. The summed E-state index contributed by atoms with van der Waals surface area (Å²) in [6.45, 7) is 1.71. The summed E-state index contributed by atoms with van der Waals surface area (Å²) >= 11 is 1.55. The molecule has 0 aromatic carbocycles. The second-order valence-corrected chi connectivity index (χ2v) is 5.89. The molecule has 0 aliphatic heterocycles. The first-order chi connectivity index (χ1) is 7.59. The number of aliphatic carboxylic acids is 1. The fourth-order valence-electron chi connectivity index (χ4n) is 2.15. The molecule has 0 bridgehead atoms. The van der Waals surface area contributed by atoms with Crippen LogP contribution in [0.15, 0.2) is 0 Å². The first kappa shape index (κ1) is 13.8. The van der Waals surface area contributed by atoms with Crippen LogP contribution >= 0.6 is 11.8 Å². The quantitative estimate of drug-likeness (QED) is 0.724. The van der Waals surface area contributed by atoms with Crippen molar-refractivity contribution in [3.05, 3.63) is 0 Å². The Labute approximate surface area is 102 Å². The molecule has 1 fully saturated rings. The van der Waals surface area contributed by atoms with Crippen LogP contribution in [-0.2, 0) is 4.79 Å². The van der Waals surface area contributed by atoms with Gasteiger partial charge in [0.2, 0.25) is 0 Å². The van der Waals surface area contributed by atoms with Gasteiger partial charge in [0, 0.05) is 11.5 Å². The van der Waals surface area contributed by atoms with Gasteiger partial charge < -0.3 is 10.2 Å². The Balaban J connectivity index is 2.05. The maximum Gasteiger partial charge on any atom is 0.307 e. The van der Waals surface area contributed by atoms with E-state index in [1.54, 1.807) is 18.7 Å². The lowest BCUT2D eigenvalue weighted by molar-refractivity contribution is -0.140. The lowest BCUT2D eigenvalue weighted by Gasteiger charge is -2.15. The number of aliphatic hydroxyl groups excluding tert-OH is 1. The summed E-state index contributed by atoms with van der Waals surface area (Å²) in [5.74, 6) is 0.902. The zero-order valence-corrected chi connectivity index (χ0v) is 10.7. The molecule has 0 radical (unpaired) electrons. The molecule has 0 amide bonds. The second-order valence-electron chi connectivity index (χ2n) is 4.82. The predicted molar refractivity (Wildman–Crippen MR) is 66.7 cm³/mol. The summed E-state index contributed by atoms with van der Waals surface area (Å²) in [5, 5.41) is 18.5. The van der Waals surface area contributed by atoms with E-state index in [1.165, 1.54) is 25.7 Å². The van der Waals surface area contributed by atoms with E-state index < -0.39 is 5.97 Å². The molecule has 0 saturated heterocycles. The Bertz CT molecular complexity index is 214. The summed E-state index contributed by atoms with van der Waals surface area (Å²) in [5.41, 5.74) is 0. The topological polar surface area (TPSA) is 57.5 Å². The van der Waals surface area contributed by atoms with E-state index in [9.17, 15) is 9.90 Å². The minimum atomic E-state index is -0.752. The molecule has 4 heteroatoms. The number of carbonyl (C=O) groups is 1. The van der Waals surface area contributed by atoms with E-state index >= 15 is 0 Å². The number of thioether (sulfide) groups is 1. The van der Waals surface area contributed by atoms with Crippen LogP contribution in [0, 0.1) is 11.8 Å². The summed E-state index contributed by atoms with van der Waals surface area (Å²) in [7, 11) is 0. The fourth-order valence-corrected chi connectivity index (χ4v) is 3.19. The van der Waals surface area contributed by atoms with Crippen LogP contribution in [0.25, 0.3) is 0 Å². The summed E-state index contributed by atoms with van der Waals surface area (Å²) in [4.78, 5) is 10.6. The Morgan fingerprint density at radius 2 is 2.00 bits per heavy atom. The average molecular weight is 246 g/mol. The third kappa shape index (κ3) is 5.21. The molecule has 0 heterocycles. The lowest BCUT2D eigenvalue weighted by Crippen LogP contribution is -2.17. The van der Waals surface area contributed by atoms with Crippen molar-refractivity contribution >= 4 is 17.7 Å². The second kappa shape index (κ2) is 7.17. The van der Waals surface area contributed by atoms with Gasteiger partial charge in [-0.25, -0.2) is 0 Å². The highest BCUT2D eigenvalue weighted by atomic mass is 32.2. The van der Waals surface area contributed by atoms with Crippen LogP contribution in [0.2, 0.25) is 0 Å². The van der Waals surface area contributed by atoms with Crippen LogP contribution < -0.4 is 0 Å². The van der Waals surface area contributed by atoms with E-state index in [4.69, 9.17) is 5.11 Å². The summed E-state index contributed by atoms with van der Waals surface area (Å²) in [6, 6.07) is 0. The van der Waals surface area contributed by atoms with Crippen LogP contribution in [0.1, 0.15) is 39.0 Å². The smallest absolute Gasteiger partial charge is 0.307 e. The molecule has 0 aromatic heterocycles. The number of carboxylic acid groups (broad SMARTS) is 1. The zero-order valence-electron chi connectivity index (χ0n) is 9.89. The van der Waals surface area contributed by atoms with E-state index in [2.05, 4.69) is 0 Å². The highest BCUT2D eigenvalue weighted by molar-refractivity contribution is 7.99. The minimum Gasteiger partial charge on any atom is -0.481 e. The minimum absolute atomic E-state index is 0.255. The van der Waals surface area contributed by atoms with Crippen molar-refractivity contribution in [2.24, 2.45) is 11.8 Å². The Morgan fingerprint density at radius 3 is 2.56 bits per heavy atom. The molecule has 2 N–H and O–H groups in total. The van der Waals surface area contributed by atoms with Crippen LogP contribution in [-0.4, -0.2) is 33.8 Å². The first-order valence-corrected chi connectivity index (χ1v) is 7.23. The molecular formula is C12H22O3S. The summed E-state index contributed by atoms with van der Waals surface area (Å²) in [6.07, 6.45) is 5.77. The van der Waals surface area contributed by atoms with Gasteiger partial charge in [0.05, 0.1) is 12.0 Å². The molecule has 2 atom stereocenters. The largest absolute Gasteiger partial charge is 0.481 e. The zero-order chi connectivity index (χ0) is 12.0. The number of aliphatic hydroxyl groups is 1. The van der Waals surface area contributed by atoms with Crippen LogP contribution in [0.4, 0.5) is 0 Å². The molecule has 1 rings (SSSR count). The number of rotatable bonds is 7. The van der Waals surface area contributed by atoms with Gasteiger partial charge in [-0.05, 0) is 12.3 Å². The molecule has 0 spiro atoms. The third-order valence-corrected chi connectivity index (χ3v) is 4.54. The monoisotopic (exact) mass is 246 g/mol. The molecule has 3 nitrogen and oxygen atoms in total. The van der Waals surface area contributed by atoms with Gasteiger partial charge in [0.1, 0.15) is 0 Å². The maximum atomic E-state index is 10.6. The van der Waals surface area contributed by atoms with Gasteiger partial charge in [-0.15, -0.1) is 0 Å². The molecule has 16 heavy (non-hydrogen) atoms. The van der Waals surface area contributed by atoms with Crippen molar-refractivity contribution in [1.29, 1.82) is 0 Å². The van der Waals surface area contributed by atoms with Gasteiger partial charge in [0.15, 0.2) is 0 Å². The summed E-state index contributed by atoms with van der Waals surface area (Å²) < 4.78 is 0. The van der Waals surface area contributed by atoms with Crippen LogP contribution in [0.3, 0.4) is 0 Å². The van der Waals surface area contributed by atoms with Crippen molar-refractivity contribution in [2.75, 3.05) is 11.5 Å². The molecule has 1 aliphatic carbocycles. The van der Waals surface area contributed by atoms with Crippen molar-refractivity contribution in [3.8, 4) is 0 Å². The van der Waals surface area contributed by atoms with Crippen molar-refractivity contribution < 1.29 is 15.0 Å². The number of hydrogen-bond acceptors (Lipinski definition) is 3. The molecule has 94 valence electrons. The molecule has 1 saturated carbocycles. The van der Waals surface area contributed by atoms with Gasteiger partial charge in [0.25, 0.3) is 0 Å². The van der Waals surface area contributed by atoms with E-state index in [-0.39, 0.29) is 12.0 Å². The van der Waals surface area contributed by atoms with E-state index in [0.717, 1.165) is 6.42 Å².